The Bertz CT molecular complexity index is 1050. The number of aliphatic hydroxyl groups is 2. The predicted octanol–water partition coefficient (Wildman–Crippen LogP) is 2.15. The van der Waals surface area contributed by atoms with Gasteiger partial charge in [0, 0.05) is 24.2 Å². The Morgan fingerprint density at radius 2 is 1.82 bits per heavy atom. The smallest absolute Gasteiger partial charge is 0.309 e. The molecule has 3 aliphatic heterocycles. The summed E-state index contributed by atoms with van der Waals surface area (Å²) in [7, 11) is 0. The molecular formula is C27H34O7. The number of carbonyl (C=O) groups excluding carboxylic acids is 2. The van der Waals surface area contributed by atoms with E-state index in [9.17, 15) is 19.8 Å². The number of rotatable bonds is 1. The van der Waals surface area contributed by atoms with Gasteiger partial charge in [-0.3, -0.25) is 9.59 Å². The zero-order valence-corrected chi connectivity index (χ0v) is 20.1. The second-order valence-corrected chi connectivity index (χ2v) is 12.5. The summed E-state index contributed by atoms with van der Waals surface area (Å²) in [5.74, 6) is -1.20. The highest BCUT2D eigenvalue weighted by molar-refractivity contribution is 5.99. The Balaban J connectivity index is 1.31. The van der Waals surface area contributed by atoms with Gasteiger partial charge in [0.25, 0.3) is 0 Å². The van der Waals surface area contributed by atoms with Crippen LogP contribution in [-0.2, 0) is 23.8 Å². The summed E-state index contributed by atoms with van der Waals surface area (Å²) in [6.07, 6.45) is 5.26. The summed E-state index contributed by atoms with van der Waals surface area (Å²) in [6, 6.07) is 0. The van der Waals surface area contributed by atoms with Crippen LogP contribution in [0.5, 0.6) is 0 Å². The van der Waals surface area contributed by atoms with Crippen molar-refractivity contribution in [2.75, 3.05) is 0 Å². The van der Waals surface area contributed by atoms with Gasteiger partial charge in [0.05, 0.1) is 29.1 Å². The van der Waals surface area contributed by atoms with E-state index in [-0.39, 0.29) is 59.3 Å². The molecule has 4 aliphatic carbocycles. The van der Waals surface area contributed by atoms with Crippen LogP contribution in [0.4, 0.5) is 0 Å². The number of allylic oxidation sites excluding steroid dienone is 3. The number of cyclic esters (lactones) is 1. The first-order valence-corrected chi connectivity index (χ1v) is 12.9. The molecule has 0 aromatic heterocycles. The van der Waals surface area contributed by atoms with Gasteiger partial charge in [-0.15, -0.1) is 0 Å². The third-order valence-corrected chi connectivity index (χ3v) is 11.2. The lowest BCUT2D eigenvalue weighted by molar-refractivity contribution is -0.363. The lowest BCUT2D eigenvalue weighted by atomic mass is 9.47. The molecular weight excluding hydrogens is 436 g/mol. The van der Waals surface area contributed by atoms with Crippen LogP contribution in [0.25, 0.3) is 0 Å². The molecule has 7 heteroatoms. The summed E-state index contributed by atoms with van der Waals surface area (Å²) >= 11 is 0. The van der Waals surface area contributed by atoms with E-state index in [1.165, 1.54) is 0 Å². The first-order valence-electron chi connectivity index (χ1n) is 12.9. The average molecular weight is 471 g/mol. The Morgan fingerprint density at radius 1 is 1.06 bits per heavy atom. The van der Waals surface area contributed by atoms with Crippen molar-refractivity contribution in [3.8, 4) is 0 Å². The predicted molar refractivity (Wildman–Crippen MR) is 119 cm³/mol. The number of hydrogen-bond donors (Lipinski definition) is 2. The SMILES string of the molecule is C[C@H]1C(=O)OC(C2O[C@]34C[C@H]5[C@@H](C[C@@H](O)C6=CC=CC(=O)[C@@]65C)[C@@H]5C[C@@H](O3)C([C@@H]54)C2(C)O)[C@@H]1C. The molecule has 0 spiro atoms. The molecule has 4 unspecified atom stereocenters. The molecule has 7 aliphatic rings. The maximum Gasteiger partial charge on any atom is 0.309 e. The maximum absolute atomic E-state index is 13.3. The van der Waals surface area contributed by atoms with Gasteiger partial charge in [-0.05, 0) is 56.1 Å². The highest BCUT2D eigenvalue weighted by Crippen LogP contribution is 2.72. The fraction of sp³-hybridized carbons (Fsp3) is 0.778. The lowest BCUT2D eigenvalue weighted by Gasteiger charge is -2.62. The van der Waals surface area contributed by atoms with Crippen LogP contribution >= 0.6 is 0 Å². The third kappa shape index (κ3) is 2.29. The Morgan fingerprint density at radius 3 is 2.53 bits per heavy atom. The zero-order valence-electron chi connectivity index (χ0n) is 20.1. The highest BCUT2D eigenvalue weighted by atomic mass is 16.7. The van der Waals surface area contributed by atoms with Crippen molar-refractivity contribution < 1.29 is 34.0 Å². The van der Waals surface area contributed by atoms with Crippen molar-refractivity contribution in [2.45, 2.75) is 82.8 Å². The van der Waals surface area contributed by atoms with E-state index in [4.69, 9.17) is 14.2 Å². The van der Waals surface area contributed by atoms with Crippen molar-refractivity contribution in [3.05, 3.63) is 23.8 Å². The highest BCUT2D eigenvalue weighted by Gasteiger charge is 2.79. The summed E-state index contributed by atoms with van der Waals surface area (Å²) in [6.45, 7) is 7.64. The summed E-state index contributed by atoms with van der Waals surface area (Å²) in [4.78, 5) is 25.7. The number of hydrogen-bond acceptors (Lipinski definition) is 7. The molecule has 0 aromatic carbocycles. The van der Waals surface area contributed by atoms with Crippen LogP contribution < -0.4 is 0 Å². The quantitative estimate of drug-likeness (QED) is 0.566. The van der Waals surface area contributed by atoms with E-state index in [2.05, 4.69) is 0 Å². The topological polar surface area (TPSA) is 102 Å². The van der Waals surface area contributed by atoms with Gasteiger partial charge in [-0.1, -0.05) is 26.0 Å². The Labute approximate surface area is 199 Å². The molecule has 7 nitrogen and oxygen atoms in total. The van der Waals surface area contributed by atoms with Gasteiger partial charge in [-0.2, -0.15) is 0 Å². The van der Waals surface area contributed by atoms with Crippen LogP contribution in [0.3, 0.4) is 0 Å². The molecule has 0 amide bonds. The molecule has 14 atom stereocenters. The van der Waals surface area contributed by atoms with Crippen LogP contribution in [-0.4, -0.2) is 57.8 Å². The first kappa shape index (κ1) is 21.7. The van der Waals surface area contributed by atoms with Crippen molar-refractivity contribution in [1.82, 2.24) is 0 Å². The number of fused-ring (bicyclic) bond motifs is 4. The van der Waals surface area contributed by atoms with E-state index in [0.717, 1.165) is 12.0 Å². The minimum Gasteiger partial charge on any atom is -0.459 e. The van der Waals surface area contributed by atoms with Gasteiger partial charge >= 0.3 is 5.97 Å². The number of carbonyl (C=O) groups is 2. The Hall–Kier alpha value is -1.54. The van der Waals surface area contributed by atoms with E-state index in [1.54, 1.807) is 12.2 Å². The minimum absolute atomic E-state index is 0.00500. The maximum atomic E-state index is 13.3. The number of ketones is 1. The standard InChI is InChI=1S/C27H34O7/c1-11-12(2)24(30)32-22(11)23-26(4,31)21-18-9-14-13-8-17(28)15-6-5-7-19(29)25(15,3)16(13)10-27(33-18,34-23)20(14)21/h5-7,11-14,16-18,20-23,28,31H,8-10H2,1-4H3/t11-,12-,13+,14+,16+,17-,18-,20-,21?,22?,23?,25+,26?,27+/m1/s1. The van der Waals surface area contributed by atoms with Crippen LogP contribution in [0.2, 0.25) is 0 Å². The number of aliphatic hydroxyl groups excluding tert-OH is 1. The van der Waals surface area contributed by atoms with E-state index in [1.807, 2.05) is 33.8 Å². The fourth-order valence-corrected chi connectivity index (χ4v) is 9.44. The van der Waals surface area contributed by atoms with Gasteiger partial charge in [0.2, 0.25) is 0 Å². The van der Waals surface area contributed by atoms with Gasteiger partial charge < -0.3 is 24.4 Å². The van der Waals surface area contributed by atoms with Crippen LogP contribution in [0, 0.1) is 46.8 Å². The van der Waals surface area contributed by atoms with Crippen LogP contribution in [0.1, 0.15) is 47.0 Å². The largest absolute Gasteiger partial charge is 0.459 e. The van der Waals surface area contributed by atoms with Crippen LogP contribution in [0.15, 0.2) is 23.8 Å². The lowest BCUT2D eigenvalue weighted by Crippen LogP contribution is -2.69. The summed E-state index contributed by atoms with van der Waals surface area (Å²) in [5, 5.41) is 23.0. The molecule has 3 saturated heterocycles. The monoisotopic (exact) mass is 470 g/mol. The van der Waals surface area contributed by atoms with Crippen molar-refractivity contribution >= 4 is 11.8 Å². The number of esters is 1. The van der Waals surface area contributed by atoms with Crippen molar-refractivity contribution in [3.63, 3.8) is 0 Å². The molecule has 7 rings (SSSR count). The van der Waals surface area contributed by atoms with E-state index >= 15 is 0 Å². The first-order chi connectivity index (χ1) is 16.0. The molecule has 3 saturated carbocycles. The zero-order chi connectivity index (χ0) is 23.9. The van der Waals surface area contributed by atoms with Gasteiger partial charge in [-0.25, -0.2) is 0 Å². The Kier molecular flexibility index (Phi) is 4.10. The third-order valence-electron chi connectivity index (χ3n) is 11.2. The molecule has 0 aromatic rings. The van der Waals surface area contributed by atoms with Gasteiger partial charge in [0.1, 0.15) is 12.2 Å². The number of ether oxygens (including phenoxy) is 3. The second kappa shape index (κ2) is 6.41. The molecule has 34 heavy (non-hydrogen) atoms. The van der Waals surface area contributed by atoms with Crippen molar-refractivity contribution in [1.29, 1.82) is 0 Å². The minimum atomic E-state index is -1.20. The van der Waals surface area contributed by atoms with Crippen molar-refractivity contribution in [2.24, 2.45) is 46.8 Å². The normalized spacial score (nSPS) is 61.1. The molecule has 4 bridgehead atoms. The van der Waals surface area contributed by atoms with E-state index < -0.39 is 35.1 Å². The fourth-order valence-electron chi connectivity index (χ4n) is 9.44. The molecule has 6 fully saturated rings. The summed E-state index contributed by atoms with van der Waals surface area (Å²) in [5.41, 5.74) is -1.19. The van der Waals surface area contributed by atoms with Gasteiger partial charge in [0.15, 0.2) is 11.6 Å². The van der Waals surface area contributed by atoms with E-state index in [0.29, 0.717) is 12.8 Å². The molecule has 184 valence electrons. The average Bonchev–Trinajstić information content (AvgIpc) is 3.38. The molecule has 3 heterocycles. The summed E-state index contributed by atoms with van der Waals surface area (Å²) < 4.78 is 19.2. The molecule has 0 radical (unpaired) electrons. The molecule has 2 N–H and O–H groups in total. The second-order valence-electron chi connectivity index (χ2n) is 12.5.